The van der Waals surface area contributed by atoms with E-state index in [1.807, 2.05) is 0 Å². The number of nitrogens with zero attached hydrogens (tertiary/aromatic N) is 2. The maximum atomic E-state index is 9.70. The lowest BCUT2D eigenvalue weighted by Gasteiger charge is -2.16. The van der Waals surface area contributed by atoms with E-state index < -0.39 is 12.2 Å². The van der Waals surface area contributed by atoms with Gasteiger partial charge in [0.25, 0.3) is 0 Å². The fourth-order valence-corrected chi connectivity index (χ4v) is 1.41. The van der Waals surface area contributed by atoms with Gasteiger partial charge in [-0.1, -0.05) is 11.6 Å². The van der Waals surface area contributed by atoms with E-state index in [0.29, 0.717) is 5.56 Å². The van der Waals surface area contributed by atoms with Gasteiger partial charge in [-0.25, -0.2) is 4.98 Å². The standard InChI is InChI=1S/C10H11ClN2O2/c1-6-4-7(10(11)13-5-6)9(15)8(14)2-3-12/h4-5,8-9,14-15H,2H2,1H3. The van der Waals surface area contributed by atoms with Gasteiger partial charge < -0.3 is 10.2 Å². The molecule has 0 radical (unpaired) electrons. The molecule has 0 aliphatic heterocycles. The van der Waals surface area contributed by atoms with Crippen LogP contribution in [-0.4, -0.2) is 21.3 Å². The molecule has 15 heavy (non-hydrogen) atoms. The number of aromatic nitrogens is 1. The van der Waals surface area contributed by atoms with Crippen molar-refractivity contribution in [3.8, 4) is 6.07 Å². The van der Waals surface area contributed by atoms with E-state index in [4.69, 9.17) is 16.9 Å². The summed E-state index contributed by atoms with van der Waals surface area (Å²) in [6.07, 6.45) is -0.902. The Morgan fingerprint density at radius 1 is 1.60 bits per heavy atom. The van der Waals surface area contributed by atoms with Gasteiger partial charge in [-0.05, 0) is 18.6 Å². The number of nitriles is 1. The first kappa shape index (κ1) is 11.9. The molecule has 1 rings (SSSR count). The van der Waals surface area contributed by atoms with E-state index in [9.17, 15) is 10.2 Å². The van der Waals surface area contributed by atoms with Crippen LogP contribution in [0.1, 0.15) is 23.7 Å². The predicted molar refractivity (Wildman–Crippen MR) is 55.2 cm³/mol. The van der Waals surface area contributed by atoms with Crippen LogP contribution in [0.15, 0.2) is 12.3 Å². The van der Waals surface area contributed by atoms with Gasteiger partial charge in [0.05, 0.1) is 18.6 Å². The molecule has 4 nitrogen and oxygen atoms in total. The molecule has 0 amide bonds. The van der Waals surface area contributed by atoms with Crippen LogP contribution in [0.25, 0.3) is 0 Å². The molecule has 0 aliphatic carbocycles. The van der Waals surface area contributed by atoms with Crippen molar-refractivity contribution in [1.82, 2.24) is 4.98 Å². The second-order valence-electron chi connectivity index (χ2n) is 3.27. The van der Waals surface area contributed by atoms with Crippen LogP contribution in [0.5, 0.6) is 0 Å². The Hall–Kier alpha value is -1.15. The van der Waals surface area contributed by atoms with E-state index in [0.717, 1.165) is 5.56 Å². The van der Waals surface area contributed by atoms with Crippen LogP contribution in [0.4, 0.5) is 0 Å². The van der Waals surface area contributed by atoms with Crippen molar-refractivity contribution in [2.24, 2.45) is 0 Å². The molecule has 0 bridgehead atoms. The number of hydrogen-bond donors (Lipinski definition) is 2. The third-order valence-electron chi connectivity index (χ3n) is 1.99. The smallest absolute Gasteiger partial charge is 0.134 e. The number of rotatable bonds is 3. The van der Waals surface area contributed by atoms with Gasteiger partial charge >= 0.3 is 0 Å². The summed E-state index contributed by atoms with van der Waals surface area (Å²) in [5.74, 6) is 0. The Labute approximate surface area is 92.8 Å². The van der Waals surface area contributed by atoms with E-state index in [1.165, 1.54) is 0 Å². The van der Waals surface area contributed by atoms with Crippen molar-refractivity contribution in [2.75, 3.05) is 0 Å². The van der Waals surface area contributed by atoms with Gasteiger partial charge in [0.2, 0.25) is 0 Å². The van der Waals surface area contributed by atoms with Crippen LogP contribution in [0.2, 0.25) is 5.15 Å². The average molecular weight is 227 g/mol. The molecule has 80 valence electrons. The van der Waals surface area contributed by atoms with Crippen molar-refractivity contribution in [3.05, 3.63) is 28.5 Å². The lowest BCUT2D eigenvalue weighted by molar-refractivity contribution is 0.0214. The van der Waals surface area contributed by atoms with Gasteiger partial charge in [-0.15, -0.1) is 0 Å². The van der Waals surface area contributed by atoms with Gasteiger partial charge in [0.1, 0.15) is 11.3 Å². The van der Waals surface area contributed by atoms with Crippen molar-refractivity contribution in [2.45, 2.75) is 25.6 Å². The minimum Gasteiger partial charge on any atom is -0.389 e. The van der Waals surface area contributed by atoms with E-state index in [1.54, 1.807) is 25.3 Å². The molecule has 0 fully saturated rings. The number of aliphatic hydroxyl groups is 2. The molecule has 2 atom stereocenters. The number of hydrogen-bond acceptors (Lipinski definition) is 4. The van der Waals surface area contributed by atoms with Crippen LogP contribution < -0.4 is 0 Å². The minimum absolute atomic E-state index is 0.144. The normalized spacial score (nSPS) is 14.3. The second kappa shape index (κ2) is 5.08. The number of aliphatic hydroxyl groups excluding tert-OH is 2. The molecule has 2 N–H and O–H groups in total. The van der Waals surface area contributed by atoms with Gasteiger partial charge in [-0.3, -0.25) is 0 Å². The first-order chi connectivity index (χ1) is 7.06. The Balaban J connectivity index is 2.95. The fourth-order valence-electron chi connectivity index (χ4n) is 1.19. The maximum Gasteiger partial charge on any atom is 0.134 e. The van der Waals surface area contributed by atoms with Crippen molar-refractivity contribution in [1.29, 1.82) is 5.26 Å². The fraction of sp³-hybridized carbons (Fsp3) is 0.400. The van der Waals surface area contributed by atoms with E-state index in [2.05, 4.69) is 4.98 Å². The third-order valence-corrected chi connectivity index (χ3v) is 2.30. The summed E-state index contributed by atoms with van der Waals surface area (Å²) in [6.45, 7) is 1.80. The zero-order valence-electron chi connectivity index (χ0n) is 8.18. The summed E-state index contributed by atoms with van der Waals surface area (Å²) in [5, 5.41) is 27.7. The molecule has 0 spiro atoms. The molecule has 1 heterocycles. The zero-order chi connectivity index (χ0) is 11.4. The Kier molecular flexibility index (Phi) is 4.04. The molecule has 0 saturated carbocycles. The molecule has 1 aromatic heterocycles. The molecule has 2 unspecified atom stereocenters. The lowest BCUT2D eigenvalue weighted by atomic mass is 10.0. The molecular formula is C10H11ClN2O2. The highest BCUT2D eigenvalue weighted by molar-refractivity contribution is 6.30. The summed E-state index contributed by atoms with van der Waals surface area (Å²) in [7, 11) is 0. The van der Waals surface area contributed by atoms with Gasteiger partial charge in [0.15, 0.2) is 0 Å². The molecule has 1 aromatic rings. The van der Waals surface area contributed by atoms with Gasteiger partial charge in [-0.2, -0.15) is 5.26 Å². The highest BCUT2D eigenvalue weighted by Crippen LogP contribution is 2.25. The Bertz CT molecular complexity index is 389. The summed E-state index contributed by atoms with van der Waals surface area (Å²) >= 11 is 5.77. The molecule has 0 aliphatic rings. The average Bonchev–Trinajstić information content (AvgIpc) is 2.21. The monoisotopic (exact) mass is 226 g/mol. The largest absolute Gasteiger partial charge is 0.389 e. The Morgan fingerprint density at radius 2 is 2.27 bits per heavy atom. The quantitative estimate of drug-likeness (QED) is 0.763. The first-order valence-corrected chi connectivity index (χ1v) is 4.79. The van der Waals surface area contributed by atoms with E-state index >= 15 is 0 Å². The second-order valence-corrected chi connectivity index (χ2v) is 3.63. The van der Waals surface area contributed by atoms with Crippen LogP contribution in [0.3, 0.4) is 0 Å². The highest BCUT2D eigenvalue weighted by atomic mass is 35.5. The van der Waals surface area contributed by atoms with Crippen molar-refractivity contribution >= 4 is 11.6 Å². The minimum atomic E-state index is -1.18. The number of pyridine rings is 1. The van der Waals surface area contributed by atoms with Gasteiger partial charge in [0, 0.05) is 11.8 Å². The third kappa shape index (κ3) is 2.90. The topological polar surface area (TPSA) is 77.1 Å². The van der Waals surface area contributed by atoms with Crippen LogP contribution >= 0.6 is 11.6 Å². The number of halogens is 1. The molecule has 5 heteroatoms. The first-order valence-electron chi connectivity index (χ1n) is 4.41. The summed E-state index contributed by atoms with van der Waals surface area (Å²) in [6, 6.07) is 3.42. The summed E-state index contributed by atoms with van der Waals surface area (Å²) in [4.78, 5) is 3.85. The summed E-state index contributed by atoms with van der Waals surface area (Å²) < 4.78 is 0. The number of aryl methyl sites for hydroxylation is 1. The summed E-state index contributed by atoms with van der Waals surface area (Å²) in [5.41, 5.74) is 1.18. The SMILES string of the molecule is Cc1cnc(Cl)c(C(O)C(O)CC#N)c1. The maximum absolute atomic E-state index is 9.70. The van der Waals surface area contributed by atoms with Crippen molar-refractivity contribution in [3.63, 3.8) is 0 Å². The van der Waals surface area contributed by atoms with Crippen LogP contribution in [-0.2, 0) is 0 Å². The molecule has 0 saturated heterocycles. The lowest BCUT2D eigenvalue weighted by Crippen LogP contribution is -2.18. The van der Waals surface area contributed by atoms with E-state index in [-0.39, 0.29) is 11.6 Å². The van der Waals surface area contributed by atoms with Crippen molar-refractivity contribution < 1.29 is 10.2 Å². The van der Waals surface area contributed by atoms with Crippen LogP contribution in [0, 0.1) is 18.3 Å². The molecule has 0 aromatic carbocycles. The zero-order valence-corrected chi connectivity index (χ0v) is 8.94. The Morgan fingerprint density at radius 3 is 2.87 bits per heavy atom. The highest BCUT2D eigenvalue weighted by Gasteiger charge is 2.21. The predicted octanol–water partition coefficient (Wildman–Crippen LogP) is 1.35. The molecular weight excluding hydrogens is 216 g/mol.